The van der Waals surface area contributed by atoms with E-state index in [0.717, 1.165) is 15.1 Å². The molecule has 4 nitrogen and oxygen atoms in total. The number of amides is 1. The van der Waals surface area contributed by atoms with Crippen LogP contribution in [0, 0.1) is 0 Å². The minimum absolute atomic E-state index is 0.0352. The van der Waals surface area contributed by atoms with Crippen LogP contribution in [0.5, 0.6) is 0 Å². The lowest BCUT2D eigenvalue weighted by Gasteiger charge is -2.33. The lowest BCUT2D eigenvalue weighted by molar-refractivity contribution is -0.138. The number of para-hydroxylation sites is 1. The van der Waals surface area contributed by atoms with E-state index >= 15 is 0 Å². The van der Waals surface area contributed by atoms with Crippen LogP contribution in [-0.4, -0.2) is 28.8 Å². The Morgan fingerprint density at radius 2 is 2.21 bits per heavy atom. The third-order valence-corrected chi connectivity index (χ3v) is 4.62. The van der Waals surface area contributed by atoms with Gasteiger partial charge in [0, 0.05) is 27.6 Å². The molecule has 0 aliphatic carbocycles. The SMILES string of the molecule is CC1CN(C(=O)CCC(=O)O)c2c(Br)cccc2S1. The van der Waals surface area contributed by atoms with Crippen molar-refractivity contribution >= 4 is 45.3 Å². The van der Waals surface area contributed by atoms with Crippen LogP contribution in [0.4, 0.5) is 5.69 Å². The van der Waals surface area contributed by atoms with Crippen molar-refractivity contribution in [3.63, 3.8) is 0 Å². The summed E-state index contributed by atoms with van der Waals surface area (Å²) in [5.74, 6) is -1.08. The van der Waals surface area contributed by atoms with Crippen LogP contribution in [0.3, 0.4) is 0 Å². The summed E-state index contributed by atoms with van der Waals surface area (Å²) < 4.78 is 0.869. The number of carbonyl (C=O) groups is 2. The van der Waals surface area contributed by atoms with Gasteiger partial charge in [-0.1, -0.05) is 13.0 Å². The van der Waals surface area contributed by atoms with Gasteiger partial charge in [0.1, 0.15) is 0 Å². The topological polar surface area (TPSA) is 57.6 Å². The minimum atomic E-state index is -0.944. The zero-order valence-electron chi connectivity index (χ0n) is 10.4. The Bertz CT molecular complexity index is 521. The summed E-state index contributed by atoms with van der Waals surface area (Å²) >= 11 is 5.20. The van der Waals surface area contributed by atoms with Crippen molar-refractivity contribution in [2.24, 2.45) is 0 Å². The number of hydrogen-bond acceptors (Lipinski definition) is 3. The predicted octanol–water partition coefficient (Wildman–Crippen LogP) is 3.14. The van der Waals surface area contributed by atoms with E-state index in [2.05, 4.69) is 22.9 Å². The Morgan fingerprint density at radius 1 is 1.47 bits per heavy atom. The molecule has 102 valence electrons. The van der Waals surface area contributed by atoms with E-state index in [0.29, 0.717) is 11.8 Å². The second-order valence-electron chi connectivity index (χ2n) is 4.41. The van der Waals surface area contributed by atoms with E-state index in [1.807, 2.05) is 18.2 Å². The fraction of sp³-hybridized carbons (Fsp3) is 0.385. The number of carbonyl (C=O) groups excluding carboxylic acids is 1. The first kappa shape index (κ1) is 14.4. The number of anilines is 1. The molecule has 0 saturated heterocycles. The van der Waals surface area contributed by atoms with Crippen molar-refractivity contribution in [2.75, 3.05) is 11.4 Å². The monoisotopic (exact) mass is 343 g/mol. The third kappa shape index (κ3) is 3.30. The van der Waals surface area contributed by atoms with Gasteiger partial charge in [-0.15, -0.1) is 11.8 Å². The molecular weight excluding hydrogens is 330 g/mol. The van der Waals surface area contributed by atoms with Gasteiger partial charge in [-0.2, -0.15) is 0 Å². The van der Waals surface area contributed by atoms with Crippen LogP contribution < -0.4 is 4.90 Å². The Hall–Kier alpha value is -1.01. The Morgan fingerprint density at radius 3 is 2.89 bits per heavy atom. The Balaban J connectivity index is 2.27. The number of aliphatic carboxylic acids is 1. The molecule has 1 amide bonds. The molecule has 1 aliphatic rings. The zero-order chi connectivity index (χ0) is 14.0. The maximum atomic E-state index is 12.2. The molecule has 0 bridgehead atoms. The summed E-state index contributed by atoms with van der Waals surface area (Å²) in [6, 6.07) is 5.82. The molecule has 1 aromatic rings. The van der Waals surface area contributed by atoms with Crippen LogP contribution in [0.25, 0.3) is 0 Å². The average Bonchev–Trinajstić information content (AvgIpc) is 2.34. The van der Waals surface area contributed by atoms with Crippen molar-refractivity contribution in [3.05, 3.63) is 22.7 Å². The fourth-order valence-corrected chi connectivity index (χ4v) is 3.89. The number of halogens is 1. The van der Waals surface area contributed by atoms with E-state index in [-0.39, 0.29) is 18.7 Å². The molecule has 0 spiro atoms. The average molecular weight is 344 g/mol. The van der Waals surface area contributed by atoms with E-state index in [1.54, 1.807) is 16.7 Å². The lowest BCUT2D eigenvalue weighted by atomic mass is 10.2. The Labute approximate surface area is 124 Å². The molecule has 0 radical (unpaired) electrons. The smallest absolute Gasteiger partial charge is 0.303 e. The van der Waals surface area contributed by atoms with Crippen molar-refractivity contribution in [3.8, 4) is 0 Å². The second kappa shape index (κ2) is 5.96. The normalized spacial score (nSPS) is 18.0. The number of rotatable bonds is 3. The standard InChI is InChI=1S/C13H14BrNO3S/c1-8-7-15(11(16)5-6-12(17)18)13-9(14)3-2-4-10(13)19-8/h2-4,8H,5-7H2,1H3,(H,17,18). The Kier molecular flexibility index (Phi) is 4.52. The van der Waals surface area contributed by atoms with Crippen LogP contribution in [0.2, 0.25) is 0 Å². The first-order valence-electron chi connectivity index (χ1n) is 5.96. The molecule has 1 atom stereocenters. The minimum Gasteiger partial charge on any atom is -0.481 e. The summed E-state index contributed by atoms with van der Waals surface area (Å²) in [5, 5.41) is 8.98. The highest BCUT2D eigenvalue weighted by Gasteiger charge is 2.28. The highest BCUT2D eigenvalue weighted by Crippen LogP contribution is 2.42. The lowest BCUT2D eigenvalue weighted by Crippen LogP contribution is -2.38. The number of fused-ring (bicyclic) bond motifs is 1. The largest absolute Gasteiger partial charge is 0.481 e. The highest BCUT2D eigenvalue weighted by molar-refractivity contribution is 9.10. The van der Waals surface area contributed by atoms with Crippen LogP contribution >= 0.6 is 27.7 Å². The molecular formula is C13H14BrNO3S. The fourth-order valence-electron chi connectivity index (χ4n) is 2.03. The predicted molar refractivity (Wildman–Crippen MR) is 78.7 cm³/mol. The van der Waals surface area contributed by atoms with Gasteiger partial charge in [0.05, 0.1) is 12.1 Å². The zero-order valence-corrected chi connectivity index (χ0v) is 12.8. The molecule has 6 heteroatoms. The van der Waals surface area contributed by atoms with E-state index in [9.17, 15) is 9.59 Å². The number of carboxylic acids is 1. The van der Waals surface area contributed by atoms with Gasteiger partial charge < -0.3 is 10.0 Å². The molecule has 0 fully saturated rings. The van der Waals surface area contributed by atoms with Crippen molar-refractivity contribution in [2.45, 2.75) is 29.9 Å². The maximum Gasteiger partial charge on any atom is 0.303 e. The van der Waals surface area contributed by atoms with E-state index in [1.165, 1.54) is 0 Å². The highest BCUT2D eigenvalue weighted by atomic mass is 79.9. The molecule has 1 aromatic carbocycles. The molecule has 0 aromatic heterocycles. The summed E-state index contributed by atoms with van der Waals surface area (Å²) in [7, 11) is 0. The molecule has 1 heterocycles. The molecule has 1 N–H and O–H groups in total. The van der Waals surface area contributed by atoms with Crippen LogP contribution in [-0.2, 0) is 9.59 Å². The van der Waals surface area contributed by atoms with Gasteiger partial charge in [0.15, 0.2) is 0 Å². The van der Waals surface area contributed by atoms with Gasteiger partial charge >= 0.3 is 5.97 Å². The summed E-state index contributed by atoms with van der Waals surface area (Å²) in [6.07, 6.45) is -0.0931. The number of hydrogen-bond donors (Lipinski definition) is 1. The summed E-state index contributed by atoms with van der Waals surface area (Å²) in [4.78, 5) is 25.5. The quantitative estimate of drug-likeness (QED) is 0.915. The molecule has 0 saturated carbocycles. The van der Waals surface area contributed by atoms with Gasteiger partial charge in [0.25, 0.3) is 0 Å². The number of nitrogens with zero attached hydrogens (tertiary/aromatic N) is 1. The van der Waals surface area contributed by atoms with Crippen LogP contribution in [0.15, 0.2) is 27.6 Å². The summed E-state index contributed by atoms with van der Waals surface area (Å²) in [6.45, 7) is 2.67. The molecule has 1 unspecified atom stereocenters. The first-order valence-corrected chi connectivity index (χ1v) is 7.63. The maximum absolute atomic E-state index is 12.2. The van der Waals surface area contributed by atoms with Gasteiger partial charge in [-0.05, 0) is 28.1 Å². The number of benzene rings is 1. The van der Waals surface area contributed by atoms with E-state index < -0.39 is 5.97 Å². The number of carboxylic acid groups (broad SMARTS) is 1. The third-order valence-electron chi connectivity index (χ3n) is 2.84. The summed E-state index contributed by atoms with van der Waals surface area (Å²) in [5.41, 5.74) is 0.862. The van der Waals surface area contributed by atoms with E-state index in [4.69, 9.17) is 5.11 Å². The second-order valence-corrected chi connectivity index (χ2v) is 6.75. The molecule has 19 heavy (non-hydrogen) atoms. The van der Waals surface area contributed by atoms with Crippen LogP contribution in [0.1, 0.15) is 19.8 Å². The number of thioether (sulfide) groups is 1. The van der Waals surface area contributed by atoms with Gasteiger partial charge in [-0.3, -0.25) is 9.59 Å². The van der Waals surface area contributed by atoms with Crippen molar-refractivity contribution < 1.29 is 14.7 Å². The van der Waals surface area contributed by atoms with Gasteiger partial charge in [0.2, 0.25) is 5.91 Å². The first-order chi connectivity index (χ1) is 8.99. The molecule has 2 rings (SSSR count). The van der Waals surface area contributed by atoms with Crippen molar-refractivity contribution in [1.29, 1.82) is 0 Å². The van der Waals surface area contributed by atoms with Gasteiger partial charge in [-0.25, -0.2) is 0 Å². The molecule has 1 aliphatic heterocycles. The van der Waals surface area contributed by atoms with Crippen molar-refractivity contribution in [1.82, 2.24) is 0 Å².